The minimum atomic E-state index is -1.00. The fourth-order valence-electron chi connectivity index (χ4n) is 2.73. The highest BCUT2D eigenvalue weighted by Gasteiger charge is 2.47. The molecule has 1 fully saturated rings. The van der Waals surface area contributed by atoms with Crippen LogP contribution in [0.25, 0.3) is 10.9 Å². The number of anilines is 1. The number of rotatable bonds is 7. The first kappa shape index (κ1) is 19.9. The predicted octanol–water partition coefficient (Wildman–Crippen LogP) is 1.91. The number of hydrogen-bond donors (Lipinski definition) is 3. The Kier molecular flexibility index (Phi) is 5.68. The van der Waals surface area contributed by atoms with Crippen LogP contribution in [0.5, 0.6) is 0 Å². The van der Waals surface area contributed by atoms with E-state index >= 15 is 0 Å². The summed E-state index contributed by atoms with van der Waals surface area (Å²) in [6, 6.07) is 6.96. The maximum atomic E-state index is 12.3. The summed E-state index contributed by atoms with van der Waals surface area (Å²) in [5.74, 6) is -0.307. The second kappa shape index (κ2) is 8.01. The third-order valence-corrected chi connectivity index (χ3v) is 5.31. The van der Waals surface area contributed by atoms with Crippen molar-refractivity contribution in [2.24, 2.45) is 0 Å². The number of urea groups is 1. The lowest BCUT2D eigenvalue weighted by Crippen LogP contribution is -2.49. The number of nitrogens with zero attached hydrogens (tertiary/aromatic N) is 3. The van der Waals surface area contributed by atoms with Gasteiger partial charge in [-0.25, -0.2) is 14.8 Å². The van der Waals surface area contributed by atoms with E-state index in [-0.39, 0.29) is 5.75 Å². The largest absolute Gasteiger partial charge is 0.370 e. The summed E-state index contributed by atoms with van der Waals surface area (Å²) in [6.45, 7) is 6.09. The molecule has 1 saturated heterocycles. The predicted molar refractivity (Wildman–Crippen MR) is 107 cm³/mol. The Hall–Kier alpha value is -2.88. The molecular formula is C18H22N6O3S. The average molecular weight is 402 g/mol. The molecule has 1 atom stereocenters. The smallest absolute Gasteiger partial charge is 0.344 e. The van der Waals surface area contributed by atoms with E-state index in [0.717, 1.165) is 27.7 Å². The second-order valence-electron chi connectivity index (χ2n) is 6.48. The Morgan fingerprint density at radius 3 is 2.68 bits per heavy atom. The van der Waals surface area contributed by atoms with Gasteiger partial charge in [0.2, 0.25) is 5.91 Å². The third-order valence-electron chi connectivity index (χ3n) is 4.46. The molecule has 148 valence electrons. The molecule has 1 aliphatic rings. The van der Waals surface area contributed by atoms with Crippen LogP contribution in [0.3, 0.4) is 0 Å². The van der Waals surface area contributed by atoms with E-state index in [9.17, 15) is 14.4 Å². The van der Waals surface area contributed by atoms with Crippen LogP contribution in [-0.4, -0.2) is 50.7 Å². The molecule has 1 aliphatic heterocycles. The minimum Gasteiger partial charge on any atom is -0.370 e. The van der Waals surface area contributed by atoms with Crippen LogP contribution in [0.4, 0.5) is 10.6 Å². The van der Waals surface area contributed by atoms with Gasteiger partial charge in [-0.1, -0.05) is 30.8 Å². The number of carbonyl (C=O) groups excluding carboxylic acids is 3. The third kappa shape index (κ3) is 3.86. The van der Waals surface area contributed by atoms with Crippen molar-refractivity contribution in [1.82, 2.24) is 25.7 Å². The molecular weight excluding hydrogens is 380 g/mol. The van der Waals surface area contributed by atoms with Gasteiger partial charge in [0.1, 0.15) is 11.4 Å². The van der Waals surface area contributed by atoms with Gasteiger partial charge in [0.15, 0.2) is 5.16 Å². The zero-order chi connectivity index (χ0) is 20.3. The van der Waals surface area contributed by atoms with Crippen molar-refractivity contribution in [1.29, 1.82) is 0 Å². The number of benzene rings is 1. The van der Waals surface area contributed by atoms with Crippen LogP contribution >= 0.6 is 11.8 Å². The Balaban J connectivity index is 1.68. The molecule has 0 radical (unpaired) electrons. The zero-order valence-corrected chi connectivity index (χ0v) is 16.7. The number of hydrogen-bond acceptors (Lipinski definition) is 7. The van der Waals surface area contributed by atoms with E-state index in [1.54, 1.807) is 13.8 Å². The van der Waals surface area contributed by atoms with Crippen molar-refractivity contribution in [3.8, 4) is 0 Å². The lowest BCUT2D eigenvalue weighted by molar-refractivity contribution is -0.137. The monoisotopic (exact) mass is 402 g/mol. The molecule has 4 amide bonds. The van der Waals surface area contributed by atoms with E-state index in [1.807, 2.05) is 31.2 Å². The van der Waals surface area contributed by atoms with Crippen molar-refractivity contribution < 1.29 is 14.4 Å². The van der Waals surface area contributed by atoms with Crippen LogP contribution in [-0.2, 0) is 9.59 Å². The Morgan fingerprint density at radius 2 is 2.00 bits per heavy atom. The number of thioether (sulfide) groups is 1. The van der Waals surface area contributed by atoms with E-state index in [0.29, 0.717) is 23.9 Å². The Morgan fingerprint density at radius 1 is 1.25 bits per heavy atom. The molecule has 1 unspecified atom stereocenters. The molecule has 10 heteroatoms. The fourth-order valence-corrected chi connectivity index (χ4v) is 3.38. The number of hydrazine groups is 1. The SMILES string of the molecule is CCNc1nc(SCC(=O)NN2C(=O)NC(C)(CC)C2=O)nc2ccccc12. The van der Waals surface area contributed by atoms with Crippen molar-refractivity contribution in [2.75, 3.05) is 17.6 Å². The lowest BCUT2D eigenvalue weighted by Gasteiger charge is -2.19. The number of fused-ring (bicyclic) bond motifs is 1. The normalized spacial score (nSPS) is 19.0. The molecule has 0 bridgehead atoms. The van der Waals surface area contributed by atoms with E-state index in [2.05, 4.69) is 26.0 Å². The van der Waals surface area contributed by atoms with Gasteiger partial charge in [0.05, 0.1) is 11.3 Å². The van der Waals surface area contributed by atoms with Crippen LogP contribution in [0.15, 0.2) is 29.4 Å². The van der Waals surface area contributed by atoms with Crippen molar-refractivity contribution in [3.05, 3.63) is 24.3 Å². The summed E-state index contributed by atoms with van der Waals surface area (Å²) in [7, 11) is 0. The van der Waals surface area contributed by atoms with Gasteiger partial charge in [-0.2, -0.15) is 5.01 Å². The highest BCUT2D eigenvalue weighted by Crippen LogP contribution is 2.24. The Labute approximate surface area is 166 Å². The number of imide groups is 1. The average Bonchev–Trinajstić information content (AvgIpc) is 2.90. The highest BCUT2D eigenvalue weighted by molar-refractivity contribution is 7.99. The summed E-state index contributed by atoms with van der Waals surface area (Å²) >= 11 is 1.13. The number of nitrogens with one attached hydrogen (secondary N) is 3. The molecule has 0 spiro atoms. The highest BCUT2D eigenvalue weighted by atomic mass is 32.2. The van der Waals surface area contributed by atoms with E-state index in [1.165, 1.54) is 0 Å². The molecule has 1 aromatic heterocycles. The maximum Gasteiger partial charge on any atom is 0.344 e. The first-order chi connectivity index (χ1) is 13.4. The lowest BCUT2D eigenvalue weighted by atomic mass is 10.00. The van der Waals surface area contributed by atoms with Gasteiger partial charge in [-0.3, -0.25) is 15.0 Å². The minimum absolute atomic E-state index is 0.0379. The molecule has 3 N–H and O–H groups in total. The standard InChI is InChI=1S/C18H22N6O3S/c1-4-18(3)15(26)24(17(27)22-18)23-13(25)10-28-16-20-12-9-7-6-8-11(12)14(21-16)19-5-2/h6-9H,4-5,10H2,1-3H3,(H,22,27)(H,23,25)(H,19,20,21). The maximum absolute atomic E-state index is 12.3. The first-order valence-electron chi connectivity index (χ1n) is 8.97. The van der Waals surface area contributed by atoms with Crippen LogP contribution in [0.1, 0.15) is 27.2 Å². The molecule has 2 heterocycles. The van der Waals surface area contributed by atoms with Crippen LogP contribution in [0.2, 0.25) is 0 Å². The summed E-state index contributed by atoms with van der Waals surface area (Å²) in [5.41, 5.74) is 2.12. The number of amides is 4. The number of para-hydroxylation sites is 1. The van der Waals surface area contributed by atoms with E-state index < -0.39 is 23.4 Å². The quantitative estimate of drug-likeness (QED) is 0.368. The van der Waals surface area contributed by atoms with Gasteiger partial charge >= 0.3 is 6.03 Å². The van der Waals surface area contributed by atoms with Gasteiger partial charge in [-0.15, -0.1) is 0 Å². The van der Waals surface area contributed by atoms with Gasteiger partial charge in [0, 0.05) is 11.9 Å². The molecule has 28 heavy (non-hydrogen) atoms. The fraction of sp³-hybridized carbons (Fsp3) is 0.389. The van der Waals surface area contributed by atoms with Gasteiger partial charge in [-0.05, 0) is 32.4 Å². The summed E-state index contributed by atoms with van der Waals surface area (Å²) in [5, 5.41) is 7.84. The molecule has 9 nitrogen and oxygen atoms in total. The molecule has 2 aromatic rings. The first-order valence-corrected chi connectivity index (χ1v) is 9.96. The van der Waals surface area contributed by atoms with Crippen molar-refractivity contribution in [2.45, 2.75) is 37.9 Å². The van der Waals surface area contributed by atoms with Crippen molar-refractivity contribution in [3.63, 3.8) is 0 Å². The van der Waals surface area contributed by atoms with Crippen LogP contribution in [0, 0.1) is 0 Å². The van der Waals surface area contributed by atoms with Crippen LogP contribution < -0.4 is 16.1 Å². The topological polar surface area (TPSA) is 116 Å². The van der Waals surface area contributed by atoms with Crippen molar-refractivity contribution >= 4 is 46.3 Å². The molecule has 1 aromatic carbocycles. The Bertz CT molecular complexity index is 937. The van der Waals surface area contributed by atoms with E-state index in [4.69, 9.17) is 0 Å². The summed E-state index contributed by atoms with van der Waals surface area (Å²) in [4.78, 5) is 45.5. The zero-order valence-electron chi connectivity index (χ0n) is 15.9. The summed E-state index contributed by atoms with van der Waals surface area (Å²) < 4.78 is 0. The van der Waals surface area contributed by atoms with Gasteiger partial charge < -0.3 is 10.6 Å². The second-order valence-corrected chi connectivity index (χ2v) is 7.42. The molecule has 0 aliphatic carbocycles. The summed E-state index contributed by atoms with van der Waals surface area (Å²) in [6.07, 6.45) is 0.427. The number of carbonyl (C=O) groups is 3. The molecule has 0 saturated carbocycles. The molecule has 3 rings (SSSR count). The number of aromatic nitrogens is 2. The van der Waals surface area contributed by atoms with Gasteiger partial charge in [0.25, 0.3) is 5.91 Å².